The molecular formula is C11H15FO2. The second kappa shape index (κ2) is 4.42. The largest absolute Gasteiger partial charge is 0.488 e. The summed E-state index contributed by atoms with van der Waals surface area (Å²) in [5.41, 5.74) is 0.734. The molecule has 2 unspecified atom stereocenters. The second-order valence-corrected chi connectivity index (χ2v) is 3.47. The lowest BCUT2D eigenvalue weighted by molar-refractivity contribution is 0.0600. The zero-order valence-corrected chi connectivity index (χ0v) is 8.62. The van der Waals surface area contributed by atoms with Gasteiger partial charge in [0.1, 0.15) is 17.7 Å². The van der Waals surface area contributed by atoms with Gasteiger partial charge in [-0.05, 0) is 44.5 Å². The quantitative estimate of drug-likeness (QED) is 0.807. The van der Waals surface area contributed by atoms with Crippen molar-refractivity contribution in [2.24, 2.45) is 0 Å². The summed E-state index contributed by atoms with van der Waals surface area (Å²) < 4.78 is 18.2. The molecule has 0 aliphatic rings. The third-order valence-electron chi connectivity index (χ3n) is 2.13. The van der Waals surface area contributed by atoms with Gasteiger partial charge >= 0.3 is 0 Å². The molecule has 14 heavy (non-hydrogen) atoms. The third kappa shape index (κ3) is 2.70. The fraction of sp³-hybridized carbons (Fsp3) is 0.455. The third-order valence-corrected chi connectivity index (χ3v) is 2.13. The Labute approximate surface area is 83.3 Å². The van der Waals surface area contributed by atoms with E-state index in [9.17, 15) is 9.50 Å². The van der Waals surface area contributed by atoms with Gasteiger partial charge in [0, 0.05) is 0 Å². The van der Waals surface area contributed by atoms with Crippen molar-refractivity contribution < 1.29 is 14.2 Å². The summed E-state index contributed by atoms with van der Waals surface area (Å²) in [6.45, 7) is 5.20. The van der Waals surface area contributed by atoms with E-state index in [1.807, 2.05) is 0 Å². The van der Waals surface area contributed by atoms with Gasteiger partial charge in [-0.3, -0.25) is 0 Å². The van der Waals surface area contributed by atoms with E-state index < -0.39 is 6.10 Å². The molecule has 1 aromatic carbocycles. The van der Waals surface area contributed by atoms with E-state index in [0.29, 0.717) is 5.75 Å². The first-order valence-electron chi connectivity index (χ1n) is 4.61. The molecule has 2 nitrogen and oxygen atoms in total. The Kier molecular flexibility index (Phi) is 3.47. The fourth-order valence-corrected chi connectivity index (χ4v) is 1.04. The van der Waals surface area contributed by atoms with Gasteiger partial charge in [-0.1, -0.05) is 0 Å². The van der Waals surface area contributed by atoms with Crippen molar-refractivity contribution in [3.63, 3.8) is 0 Å². The van der Waals surface area contributed by atoms with Crippen LogP contribution in [-0.2, 0) is 0 Å². The topological polar surface area (TPSA) is 29.5 Å². The van der Waals surface area contributed by atoms with Crippen LogP contribution in [0.25, 0.3) is 0 Å². The number of hydrogen-bond acceptors (Lipinski definition) is 2. The Balaban J connectivity index is 2.77. The van der Waals surface area contributed by atoms with Gasteiger partial charge in [-0.25, -0.2) is 4.39 Å². The van der Waals surface area contributed by atoms with Crippen molar-refractivity contribution in [1.29, 1.82) is 0 Å². The molecule has 1 N–H and O–H groups in total. The van der Waals surface area contributed by atoms with E-state index in [0.717, 1.165) is 5.56 Å². The molecule has 0 fully saturated rings. The number of benzene rings is 1. The molecule has 2 atom stereocenters. The average molecular weight is 198 g/mol. The van der Waals surface area contributed by atoms with Crippen LogP contribution >= 0.6 is 0 Å². The van der Waals surface area contributed by atoms with E-state index in [4.69, 9.17) is 4.74 Å². The minimum atomic E-state index is -0.542. The SMILES string of the molecule is Cc1cc(F)ccc1OC(C)C(C)O. The van der Waals surface area contributed by atoms with Crippen molar-refractivity contribution in [3.05, 3.63) is 29.6 Å². The number of halogens is 1. The van der Waals surface area contributed by atoms with Crippen LogP contribution in [0.2, 0.25) is 0 Å². The van der Waals surface area contributed by atoms with Gasteiger partial charge in [-0.2, -0.15) is 0 Å². The van der Waals surface area contributed by atoms with Crippen LogP contribution in [0.5, 0.6) is 5.75 Å². The minimum Gasteiger partial charge on any atom is -0.488 e. The monoisotopic (exact) mass is 198 g/mol. The maximum absolute atomic E-state index is 12.7. The summed E-state index contributed by atoms with van der Waals surface area (Å²) in [6.07, 6.45) is -0.835. The number of ether oxygens (including phenoxy) is 1. The lowest BCUT2D eigenvalue weighted by Crippen LogP contribution is -2.25. The molecule has 0 heterocycles. The van der Waals surface area contributed by atoms with Gasteiger partial charge in [0.15, 0.2) is 0 Å². The Morgan fingerprint density at radius 3 is 2.50 bits per heavy atom. The van der Waals surface area contributed by atoms with Crippen LogP contribution in [0.3, 0.4) is 0 Å². The fourth-order valence-electron chi connectivity index (χ4n) is 1.04. The number of aliphatic hydroxyl groups is 1. The van der Waals surface area contributed by atoms with Crippen molar-refractivity contribution in [1.82, 2.24) is 0 Å². The summed E-state index contributed by atoms with van der Waals surface area (Å²) in [7, 11) is 0. The van der Waals surface area contributed by atoms with Gasteiger partial charge in [-0.15, -0.1) is 0 Å². The van der Waals surface area contributed by atoms with Crippen LogP contribution in [0, 0.1) is 12.7 Å². The zero-order chi connectivity index (χ0) is 10.7. The predicted octanol–water partition coefficient (Wildman–Crippen LogP) is 2.28. The molecule has 0 spiro atoms. The lowest BCUT2D eigenvalue weighted by Gasteiger charge is -2.18. The molecule has 3 heteroatoms. The van der Waals surface area contributed by atoms with Crippen molar-refractivity contribution in [2.45, 2.75) is 33.0 Å². The molecule has 0 aromatic heterocycles. The summed E-state index contributed by atoms with van der Waals surface area (Å²) in [5.74, 6) is 0.333. The summed E-state index contributed by atoms with van der Waals surface area (Å²) in [5, 5.41) is 9.23. The summed E-state index contributed by atoms with van der Waals surface area (Å²) in [4.78, 5) is 0. The number of hydrogen-bond donors (Lipinski definition) is 1. The molecule has 0 amide bonds. The molecule has 0 aliphatic carbocycles. The van der Waals surface area contributed by atoms with E-state index in [1.54, 1.807) is 26.8 Å². The van der Waals surface area contributed by atoms with Crippen LogP contribution in [0.15, 0.2) is 18.2 Å². The molecule has 78 valence electrons. The first-order chi connectivity index (χ1) is 6.50. The van der Waals surface area contributed by atoms with Crippen molar-refractivity contribution >= 4 is 0 Å². The normalized spacial score (nSPS) is 14.9. The van der Waals surface area contributed by atoms with Crippen LogP contribution in [-0.4, -0.2) is 17.3 Å². The van der Waals surface area contributed by atoms with E-state index in [1.165, 1.54) is 12.1 Å². The highest BCUT2D eigenvalue weighted by Crippen LogP contribution is 2.20. The zero-order valence-electron chi connectivity index (χ0n) is 8.62. The van der Waals surface area contributed by atoms with Crippen molar-refractivity contribution in [3.8, 4) is 5.75 Å². The summed E-state index contributed by atoms with van der Waals surface area (Å²) >= 11 is 0. The van der Waals surface area contributed by atoms with E-state index >= 15 is 0 Å². The average Bonchev–Trinajstić information content (AvgIpc) is 2.09. The first kappa shape index (κ1) is 11.0. The maximum atomic E-state index is 12.7. The van der Waals surface area contributed by atoms with Gasteiger partial charge in [0.25, 0.3) is 0 Å². The number of aryl methyl sites for hydroxylation is 1. The van der Waals surface area contributed by atoms with Crippen LogP contribution < -0.4 is 4.74 Å². The molecule has 0 aliphatic heterocycles. The first-order valence-corrected chi connectivity index (χ1v) is 4.61. The Hall–Kier alpha value is -1.09. The molecule has 0 saturated carbocycles. The summed E-state index contributed by atoms with van der Waals surface area (Å²) in [6, 6.07) is 4.32. The Bertz CT molecular complexity index is 310. The highest BCUT2D eigenvalue weighted by Gasteiger charge is 2.11. The van der Waals surface area contributed by atoms with Crippen molar-refractivity contribution in [2.75, 3.05) is 0 Å². The van der Waals surface area contributed by atoms with Gasteiger partial charge in [0.05, 0.1) is 6.10 Å². The number of rotatable bonds is 3. The van der Waals surface area contributed by atoms with E-state index in [-0.39, 0.29) is 11.9 Å². The molecule has 1 aromatic rings. The van der Waals surface area contributed by atoms with Crippen LogP contribution in [0.4, 0.5) is 4.39 Å². The van der Waals surface area contributed by atoms with Crippen LogP contribution in [0.1, 0.15) is 19.4 Å². The molecule has 0 radical (unpaired) electrons. The predicted molar refractivity (Wildman–Crippen MR) is 52.9 cm³/mol. The minimum absolute atomic E-state index is 0.278. The standard InChI is InChI=1S/C11H15FO2/c1-7-6-10(12)4-5-11(7)14-9(3)8(2)13/h4-6,8-9,13H,1-3H3. The smallest absolute Gasteiger partial charge is 0.123 e. The second-order valence-electron chi connectivity index (χ2n) is 3.47. The van der Waals surface area contributed by atoms with E-state index in [2.05, 4.69) is 0 Å². The highest BCUT2D eigenvalue weighted by molar-refractivity contribution is 5.32. The molecule has 1 rings (SSSR count). The Morgan fingerprint density at radius 2 is 2.00 bits per heavy atom. The Morgan fingerprint density at radius 1 is 1.36 bits per heavy atom. The molecule has 0 saturated heterocycles. The lowest BCUT2D eigenvalue weighted by atomic mass is 10.2. The number of aliphatic hydroxyl groups excluding tert-OH is 1. The van der Waals surface area contributed by atoms with Gasteiger partial charge < -0.3 is 9.84 Å². The molecular weight excluding hydrogens is 183 g/mol. The molecule has 0 bridgehead atoms. The highest BCUT2D eigenvalue weighted by atomic mass is 19.1. The van der Waals surface area contributed by atoms with Gasteiger partial charge in [0.2, 0.25) is 0 Å². The maximum Gasteiger partial charge on any atom is 0.123 e.